The van der Waals surface area contributed by atoms with E-state index >= 15 is 0 Å². The van der Waals surface area contributed by atoms with Gasteiger partial charge in [0.05, 0.1) is 4.92 Å². The third-order valence-electron chi connectivity index (χ3n) is 3.90. The number of hydrogen-bond donors (Lipinski definition) is 3. The molecule has 4 N–H and O–H groups in total. The number of anilines is 2. The van der Waals surface area contributed by atoms with Crippen LogP contribution in [0.4, 0.5) is 17.3 Å². The number of aromatic nitrogens is 1. The number of piperidine rings is 1. The summed E-state index contributed by atoms with van der Waals surface area (Å²) in [6.45, 7) is 2.92. The van der Waals surface area contributed by atoms with E-state index in [0.29, 0.717) is 18.3 Å². The Morgan fingerprint density at radius 1 is 1.48 bits per heavy atom. The number of nitrogens with two attached hydrogens (primary N) is 1. The lowest BCUT2D eigenvalue weighted by atomic mass is 9.94. The molecule has 0 aliphatic carbocycles. The summed E-state index contributed by atoms with van der Waals surface area (Å²) in [5, 5.41) is 14.1. The van der Waals surface area contributed by atoms with Gasteiger partial charge in [0.15, 0.2) is 0 Å². The highest BCUT2D eigenvalue weighted by Gasteiger charge is 2.18. The zero-order valence-electron chi connectivity index (χ0n) is 12.2. The van der Waals surface area contributed by atoms with Crippen LogP contribution in [-0.2, 0) is 0 Å². The van der Waals surface area contributed by atoms with Crippen molar-refractivity contribution in [1.29, 1.82) is 0 Å². The van der Waals surface area contributed by atoms with Crippen molar-refractivity contribution in [1.82, 2.24) is 9.88 Å². The quantitative estimate of drug-likeness (QED) is 0.413. The first kappa shape index (κ1) is 15.5. The Morgan fingerprint density at radius 3 is 2.81 bits per heavy atom. The predicted molar refractivity (Wildman–Crippen MR) is 82.0 cm³/mol. The lowest BCUT2D eigenvalue weighted by molar-refractivity contribution is -0.384. The number of nitrogen functional groups attached to an aromatic ring is 1. The summed E-state index contributed by atoms with van der Waals surface area (Å²) < 4.78 is 0. The van der Waals surface area contributed by atoms with Gasteiger partial charge in [-0.1, -0.05) is 0 Å². The number of hydrogen-bond acceptors (Lipinski definition) is 7. The van der Waals surface area contributed by atoms with Gasteiger partial charge in [-0.15, -0.1) is 0 Å². The molecule has 0 saturated carbocycles. The van der Waals surface area contributed by atoms with E-state index in [4.69, 9.17) is 5.84 Å². The van der Waals surface area contributed by atoms with Crippen LogP contribution in [0.2, 0.25) is 0 Å². The van der Waals surface area contributed by atoms with Crippen molar-refractivity contribution in [2.45, 2.75) is 19.3 Å². The number of likely N-dealkylation sites (tertiary alicyclic amines) is 1. The average molecular weight is 294 g/mol. The van der Waals surface area contributed by atoms with Crippen LogP contribution in [0.15, 0.2) is 12.1 Å². The van der Waals surface area contributed by atoms with Crippen LogP contribution >= 0.6 is 0 Å². The van der Waals surface area contributed by atoms with Gasteiger partial charge in [0, 0.05) is 12.6 Å². The maximum Gasteiger partial charge on any atom is 0.311 e. The van der Waals surface area contributed by atoms with E-state index in [9.17, 15) is 10.1 Å². The second-order valence-corrected chi connectivity index (χ2v) is 5.43. The number of rotatable bonds is 6. The average Bonchev–Trinajstić information content (AvgIpc) is 2.49. The number of nitro groups is 1. The van der Waals surface area contributed by atoms with Crippen LogP contribution < -0.4 is 16.6 Å². The monoisotopic (exact) mass is 294 g/mol. The smallest absolute Gasteiger partial charge is 0.311 e. The van der Waals surface area contributed by atoms with Crippen LogP contribution in [0.3, 0.4) is 0 Å². The lowest BCUT2D eigenvalue weighted by Crippen LogP contribution is -2.30. The molecule has 0 amide bonds. The second-order valence-electron chi connectivity index (χ2n) is 5.43. The molecule has 2 heterocycles. The standard InChI is InChI=1S/C13H22N6O2/c1-18-8-5-10(6-9-18)4-7-15-13-11(19(20)21)2-3-12(16-13)17-14/h2-3,10H,4-9,14H2,1H3,(H2,15,16,17). The number of pyridine rings is 1. The van der Waals surface area contributed by atoms with Crippen molar-refractivity contribution in [2.24, 2.45) is 11.8 Å². The van der Waals surface area contributed by atoms with E-state index in [1.165, 1.54) is 25.0 Å². The Balaban J connectivity index is 1.91. The molecule has 2 rings (SSSR count). The summed E-state index contributed by atoms with van der Waals surface area (Å²) in [6.07, 6.45) is 3.35. The van der Waals surface area contributed by atoms with Crippen molar-refractivity contribution in [2.75, 3.05) is 37.4 Å². The normalized spacial score (nSPS) is 16.7. The Morgan fingerprint density at radius 2 is 2.19 bits per heavy atom. The molecule has 0 spiro atoms. The summed E-state index contributed by atoms with van der Waals surface area (Å²) in [7, 11) is 2.13. The molecule has 1 aromatic rings. The van der Waals surface area contributed by atoms with Crippen molar-refractivity contribution < 1.29 is 4.92 Å². The van der Waals surface area contributed by atoms with E-state index in [0.717, 1.165) is 19.5 Å². The highest BCUT2D eigenvalue weighted by molar-refractivity contribution is 5.59. The molecule has 0 radical (unpaired) electrons. The van der Waals surface area contributed by atoms with Crippen LogP contribution in [0.25, 0.3) is 0 Å². The molecule has 1 saturated heterocycles. The maximum absolute atomic E-state index is 11.0. The van der Waals surface area contributed by atoms with Gasteiger partial charge in [-0.25, -0.2) is 10.8 Å². The molecule has 116 valence electrons. The summed E-state index contributed by atoms with van der Waals surface area (Å²) in [5.74, 6) is 6.63. The predicted octanol–water partition coefficient (Wildman–Crippen LogP) is 1.42. The minimum absolute atomic E-state index is 0.0302. The zero-order valence-corrected chi connectivity index (χ0v) is 12.2. The molecule has 1 fully saturated rings. The maximum atomic E-state index is 11.0. The molecular formula is C13H22N6O2. The minimum Gasteiger partial charge on any atom is -0.364 e. The molecule has 1 aromatic heterocycles. The Hall–Kier alpha value is -1.93. The fourth-order valence-electron chi connectivity index (χ4n) is 2.56. The van der Waals surface area contributed by atoms with Gasteiger partial charge in [0.2, 0.25) is 5.82 Å². The topological polar surface area (TPSA) is 109 Å². The van der Waals surface area contributed by atoms with Crippen molar-refractivity contribution in [3.63, 3.8) is 0 Å². The van der Waals surface area contributed by atoms with Crippen molar-refractivity contribution in [3.8, 4) is 0 Å². The van der Waals surface area contributed by atoms with Crippen LogP contribution in [0.1, 0.15) is 19.3 Å². The second kappa shape index (κ2) is 7.19. The molecule has 1 aliphatic heterocycles. The molecular weight excluding hydrogens is 272 g/mol. The summed E-state index contributed by atoms with van der Waals surface area (Å²) in [5.41, 5.74) is 2.37. The third kappa shape index (κ3) is 4.27. The van der Waals surface area contributed by atoms with Gasteiger partial charge in [0.25, 0.3) is 0 Å². The molecule has 0 atom stereocenters. The van der Waals surface area contributed by atoms with Crippen LogP contribution in [0.5, 0.6) is 0 Å². The Bertz CT molecular complexity index is 488. The fourth-order valence-corrected chi connectivity index (χ4v) is 2.56. The Labute approximate surface area is 123 Å². The number of nitrogens with zero attached hydrogens (tertiary/aromatic N) is 3. The molecule has 0 unspecified atom stereocenters. The van der Waals surface area contributed by atoms with E-state index < -0.39 is 4.92 Å². The molecule has 21 heavy (non-hydrogen) atoms. The van der Waals surface area contributed by atoms with E-state index in [2.05, 4.69) is 27.7 Å². The summed E-state index contributed by atoms with van der Waals surface area (Å²) in [4.78, 5) is 17.0. The Kier molecular flexibility index (Phi) is 5.29. The first-order chi connectivity index (χ1) is 10.1. The lowest BCUT2D eigenvalue weighted by Gasteiger charge is -2.28. The highest BCUT2D eigenvalue weighted by atomic mass is 16.6. The number of nitrogens with one attached hydrogen (secondary N) is 2. The van der Waals surface area contributed by atoms with Gasteiger partial charge < -0.3 is 15.6 Å². The van der Waals surface area contributed by atoms with Crippen LogP contribution in [-0.4, -0.2) is 41.5 Å². The first-order valence-corrected chi connectivity index (χ1v) is 7.14. The van der Waals surface area contributed by atoms with Crippen molar-refractivity contribution in [3.05, 3.63) is 22.2 Å². The SMILES string of the molecule is CN1CCC(CCNc2nc(NN)ccc2[N+](=O)[O-])CC1. The molecule has 1 aliphatic rings. The highest BCUT2D eigenvalue weighted by Crippen LogP contribution is 2.25. The van der Waals surface area contributed by atoms with Gasteiger partial charge in [-0.3, -0.25) is 10.1 Å². The summed E-state index contributed by atoms with van der Waals surface area (Å²) in [6, 6.07) is 2.89. The molecule has 0 aromatic carbocycles. The molecule has 0 bridgehead atoms. The molecule has 8 nitrogen and oxygen atoms in total. The van der Waals surface area contributed by atoms with Crippen LogP contribution in [0, 0.1) is 16.0 Å². The van der Waals surface area contributed by atoms with E-state index in [1.807, 2.05) is 0 Å². The fraction of sp³-hybridized carbons (Fsp3) is 0.615. The largest absolute Gasteiger partial charge is 0.364 e. The number of hydrazine groups is 1. The van der Waals surface area contributed by atoms with E-state index in [-0.39, 0.29) is 11.5 Å². The van der Waals surface area contributed by atoms with Gasteiger partial charge in [0.1, 0.15) is 5.82 Å². The van der Waals surface area contributed by atoms with E-state index in [1.54, 1.807) is 0 Å². The van der Waals surface area contributed by atoms with Gasteiger partial charge >= 0.3 is 5.69 Å². The van der Waals surface area contributed by atoms with Gasteiger partial charge in [-0.05, 0) is 51.4 Å². The van der Waals surface area contributed by atoms with Crippen molar-refractivity contribution >= 4 is 17.3 Å². The minimum atomic E-state index is -0.439. The molecule has 8 heteroatoms. The summed E-state index contributed by atoms with van der Waals surface area (Å²) >= 11 is 0. The first-order valence-electron chi connectivity index (χ1n) is 7.14. The third-order valence-corrected chi connectivity index (χ3v) is 3.90. The van der Waals surface area contributed by atoms with Gasteiger partial charge in [-0.2, -0.15) is 0 Å². The zero-order chi connectivity index (χ0) is 15.2.